The van der Waals surface area contributed by atoms with Crippen molar-refractivity contribution in [2.24, 2.45) is 4.99 Å². The van der Waals surface area contributed by atoms with Gasteiger partial charge in [-0.15, -0.1) is 24.0 Å². The number of hydrogen-bond donors (Lipinski definition) is 2. The van der Waals surface area contributed by atoms with Crippen LogP contribution in [0.4, 0.5) is 0 Å². The summed E-state index contributed by atoms with van der Waals surface area (Å²) in [5, 5.41) is 6.71. The standard InChI is InChI=1S/C17H31N3O3.HI/c1-3-22-14-7-11-19-17(18-10-4-5-13-21-2)20-12-9-16-8-6-15-23-16;/h6,8,15H,3-5,7,9-14H2,1-2H3,(H2,18,19,20);1H. The second kappa shape index (κ2) is 17.0. The molecule has 6 nitrogen and oxygen atoms in total. The van der Waals surface area contributed by atoms with Crippen LogP contribution in [0.15, 0.2) is 27.8 Å². The summed E-state index contributed by atoms with van der Waals surface area (Å²) < 4.78 is 15.7. The Kier molecular flexibility index (Phi) is 16.5. The van der Waals surface area contributed by atoms with E-state index in [0.29, 0.717) is 0 Å². The smallest absolute Gasteiger partial charge is 0.191 e. The highest BCUT2D eigenvalue weighted by Crippen LogP contribution is 1.99. The number of rotatable bonds is 13. The van der Waals surface area contributed by atoms with Crippen molar-refractivity contribution in [1.82, 2.24) is 10.6 Å². The zero-order valence-electron chi connectivity index (χ0n) is 14.9. The minimum absolute atomic E-state index is 0. The molecule has 0 amide bonds. The normalized spacial score (nSPS) is 11.2. The summed E-state index contributed by atoms with van der Waals surface area (Å²) >= 11 is 0. The Bertz CT molecular complexity index is 400. The lowest BCUT2D eigenvalue weighted by Crippen LogP contribution is -2.39. The van der Waals surface area contributed by atoms with Gasteiger partial charge in [0.1, 0.15) is 5.76 Å². The van der Waals surface area contributed by atoms with Crippen LogP contribution in [0.2, 0.25) is 0 Å². The molecule has 140 valence electrons. The summed E-state index contributed by atoms with van der Waals surface area (Å²) in [5.41, 5.74) is 0. The first-order valence-electron chi connectivity index (χ1n) is 8.48. The third-order valence-electron chi connectivity index (χ3n) is 3.23. The first-order chi connectivity index (χ1) is 11.4. The van der Waals surface area contributed by atoms with Gasteiger partial charge >= 0.3 is 0 Å². The zero-order valence-corrected chi connectivity index (χ0v) is 17.2. The van der Waals surface area contributed by atoms with E-state index in [9.17, 15) is 0 Å². The molecule has 1 rings (SSSR count). The fraction of sp³-hybridized carbons (Fsp3) is 0.706. The van der Waals surface area contributed by atoms with E-state index in [1.807, 2.05) is 19.1 Å². The summed E-state index contributed by atoms with van der Waals surface area (Å²) in [6, 6.07) is 3.89. The van der Waals surface area contributed by atoms with Crippen LogP contribution in [0.5, 0.6) is 0 Å². The Morgan fingerprint density at radius 1 is 1.17 bits per heavy atom. The van der Waals surface area contributed by atoms with Gasteiger partial charge < -0.3 is 24.5 Å². The molecule has 0 aliphatic heterocycles. The molecule has 0 bridgehead atoms. The minimum Gasteiger partial charge on any atom is -0.469 e. The number of nitrogens with zero attached hydrogens (tertiary/aromatic N) is 1. The number of hydrogen-bond acceptors (Lipinski definition) is 4. The predicted molar refractivity (Wildman–Crippen MR) is 108 cm³/mol. The summed E-state index contributed by atoms with van der Waals surface area (Å²) in [6.45, 7) is 6.77. The summed E-state index contributed by atoms with van der Waals surface area (Å²) in [5.74, 6) is 1.83. The monoisotopic (exact) mass is 453 g/mol. The fourth-order valence-corrected chi connectivity index (χ4v) is 2.01. The van der Waals surface area contributed by atoms with Gasteiger partial charge in [-0.2, -0.15) is 0 Å². The Morgan fingerprint density at radius 3 is 2.71 bits per heavy atom. The van der Waals surface area contributed by atoms with Crippen LogP contribution in [0.1, 0.15) is 31.9 Å². The number of unbranched alkanes of at least 4 members (excludes halogenated alkanes) is 1. The predicted octanol–water partition coefficient (Wildman–Crippen LogP) is 2.83. The average Bonchev–Trinajstić information content (AvgIpc) is 3.07. The SMILES string of the molecule is CCOCCCN=C(NCCCCOC)NCCc1ccco1.I. The van der Waals surface area contributed by atoms with Crippen molar-refractivity contribution < 1.29 is 13.9 Å². The zero-order chi connectivity index (χ0) is 16.6. The van der Waals surface area contributed by atoms with Gasteiger partial charge in [0.15, 0.2) is 5.96 Å². The fourth-order valence-electron chi connectivity index (χ4n) is 2.01. The van der Waals surface area contributed by atoms with E-state index in [0.717, 1.165) is 76.9 Å². The molecule has 1 aromatic rings. The lowest BCUT2D eigenvalue weighted by molar-refractivity contribution is 0.146. The molecule has 7 heteroatoms. The van der Waals surface area contributed by atoms with Crippen molar-refractivity contribution in [3.63, 3.8) is 0 Å². The molecular weight excluding hydrogens is 421 g/mol. The van der Waals surface area contributed by atoms with Crippen LogP contribution >= 0.6 is 24.0 Å². The van der Waals surface area contributed by atoms with Gasteiger partial charge in [0.25, 0.3) is 0 Å². The molecule has 1 aromatic heterocycles. The lowest BCUT2D eigenvalue weighted by atomic mass is 10.3. The van der Waals surface area contributed by atoms with Crippen molar-refractivity contribution in [3.05, 3.63) is 24.2 Å². The van der Waals surface area contributed by atoms with Crippen LogP contribution < -0.4 is 10.6 Å². The molecular formula is C17H32IN3O3. The largest absolute Gasteiger partial charge is 0.469 e. The van der Waals surface area contributed by atoms with E-state index < -0.39 is 0 Å². The van der Waals surface area contributed by atoms with E-state index >= 15 is 0 Å². The molecule has 0 aromatic carbocycles. The van der Waals surface area contributed by atoms with Crippen molar-refractivity contribution >= 4 is 29.9 Å². The first-order valence-corrected chi connectivity index (χ1v) is 8.48. The Labute approximate surface area is 162 Å². The van der Waals surface area contributed by atoms with Crippen LogP contribution in [-0.2, 0) is 15.9 Å². The minimum atomic E-state index is 0. The van der Waals surface area contributed by atoms with Gasteiger partial charge in [0.05, 0.1) is 6.26 Å². The molecule has 0 spiro atoms. The van der Waals surface area contributed by atoms with E-state index in [1.165, 1.54) is 0 Å². The van der Waals surface area contributed by atoms with Crippen LogP contribution in [0, 0.1) is 0 Å². The number of guanidine groups is 1. The van der Waals surface area contributed by atoms with Crippen molar-refractivity contribution in [1.29, 1.82) is 0 Å². The van der Waals surface area contributed by atoms with Crippen molar-refractivity contribution in [2.75, 3.05) is 46.6 Å². The number of aliphatic imine (C=N–C) groups is 1. The Morgan fingerprint density at radius 2 is 2.00 bits per heavy atom. The van der Waals surface area contributed by atoms with E-state index in [1.54, 1.807) is 13.4 Å². The van der Waals surface area contributed by atoms with Gasteiger partial charge in [-0.05, 0) is 38.3 Å². The number of halogens is 1. The maximum atomic E-state index is 5.34. The Hall–Kier alpha value is -0.800. The molecule has 0 aliphatic carbocycles. The summed E-state index contributed by atoms with van der Waals surface area (Å²) in [6.07, 6.45) is 5.59. The van der Waals surface area contributed by atoms with Crippen LogP contribution in [-0.4, -0.2) is 52.5 Å². The van der Waals surface area contributed by atoms with E-state index in [4.69, 9.17) is 13.9 Å². The third kappa shape index (κ3) is 12.6. The second-order valence-electron chi connectivity index (χ2n) is 5.16. The second-order valence-corrected chi connectivity index (χ2v) is 5.16. The highest BCUT2D eigenvalue weighted by atomic mass is 127. The molecule has 0 aliphatic rings. The quantitative estimate of drug-likeness (QED) is 0.208. The molecule has 0 saturated heterocycles. The van der Waals surface area contributed by atoms with Crippen molar-refractivity contribution in [2.45, 2.75) is 32.6 Å². The lowest BCUT2D eigenvalue weighted by Gasteiger charge is -2.12. The van der Waals surface area contributed by atoms with Gasteiger partial charge in [-0.25, -0.2) is 0 Å². The molecule has 0 atom stereocenters. The van der Waals surface area contributed by atoms with Crippen LogP contribution in [0.25, 0.3) is 0 Å². The third-order valence-corrected chi connectivity index (χ3v) is 3.23. The summed E-state index contributed by atoms with van der Waals surface area (Å²) in [7, 11) is 1.73. The molecule has 0 fully saturated rings. The first kappa shape index (κ1) is 23.2. The highest BCUT2D eigenvalue weighted by molar-refractivity contribution is 14.0. The van der Waals surface area contributed by atoms with Gasteiger partial charge in [0.2, 0.25) is 0 Å². The van der Waals surface area contributed by atoms with E-state index in [2.05, 4.69) is 15.6 Å². The maximum Gasteiger partial charge on any atom is 0.191 e. The molecule has 0 unspecified atom stereocenters. The van der Waals surface area contributed by atoms with Gasteiger partial charge in [-0.3, -0.25) is 4.99 Å². The van der Waals surface area contributed by atoms with Gasteiger partial charge in [-0.1, -0.05) is 0 Å². The molecule has 0 radical (unpaired) electrons. The summed E-state index contributed by atoms with van der Waals surface area (Å²) in [4.78, 5) is 4.58. The van der Waals surface area contributed by atoms with E-state index in [-0.39, 0.29) is 24.0 Å². The maximum absolute atomic E-state index is 5.34. The highest BCUT2D eigenvalue weighted by Gasteiger charge is 2.00. The number of furan rings is 1. The van der Waals surface area contributed by atoms with Gasteiger partial charge in [0, 0.05) is 53.0 Å². The number of nitrogens with one attached hydrogen (secondary N) is 2. The number of ether oxygens (including phenoxy) is 2. The van der Waals surface area contributed by atoms with Crippen molar-refractivity contribution in [3.8, 4) is 0 Å². The van der Waals surface area contributed by atoms with Crippen LogP contribution in [0.3, 0.4) is 0 Å². The average molecular weight is 453 g/mol. The molecule has 1 heterocycles. The number of methoxy groups -OCH3 is 1. The topological polar surface area (TPSA) is 68.0 Å². The molecule has 24 heavy (non-hydrogen) atoms. The molecule has 2 N–H and O–H groups in total. The molecule has 0 saturated carbocycles. The Balaban J connectivity index is 0.00000529.